The topological polar surface area (TPSA) is 90.0 Å². The van der Waals surface area contributed by atoms with Crippen LogP contribution in [0, 0.1) is 0 Å². The van der Waals surface area contributed by atoms with Crippen LogP contribution in [0.4, 0.5) is 11.6 Å². The number of ether oxygens (including phenoxy) is 1. The third-order valence-electron chi connectivity index (χ3n) is 5.25. The predicted octanol–water partition coefficient (Wildman–Crippen LogP) is 4.63. The van der Waals surface area contributed by atoms with Crippen LogP contribution in [0.15, 0.2) is 42.6 Å². The number of fused-ring (bicyclic) bond motifs is 1. The average molecular weight is 425 g/mol. The Morgan fingerprint density at radius 1 is 1.20 bits per heavy atom. The number of hydrogen-bond donors (Lipinski definition) is 2. The standard InChI is InChI=1S/C21H21ClN6O2/c1-27-21(25-20(26-27)13-5-8-18(29)16(22)11-13)24-15-6-7-17-14(10-15)12-23-28(17)19-4-2-3-9-30-19/h5-8,10-12,19,29H,2-4,9H2,1H3,(H,24,25,26). The normalized spacial score (nSPS) is 16.8. The van der Waals surface area contributed by atoms with E-state index >= 15 is 0 Å². The second-order valence-corrected chi connectivity index (χ2v) is 7.76. The van der Waals surface area contributed by atoms with Crippen molar-refractivity contribution in [3.63, 3.8) is 0 Å². The molecule has 2 aromatic carbocycles. The summed E-state index contributed by atoms with van der Waals surface area (Å²) >= 11 is 6.01. The molecule has 30 heavy (non-hydrogen) atoms. The van der Waals surface area contributed by atoms with E-state index < -0.39 is 0 Å². The largest absolute Gasteiger partial charge is 0.506 e. The number of hydrogen-bond acceptors (Lipinski definition) is 6. The summed E-state index contributed by atoms with van der Waals surface area (Å²) in [7, 11) is 1.82. The number of nitrogens with one attached hydrogen (secondary N) is 1. The van der Waals surface area contributed by atoms with Crippen LogP contribution in [0.25, 0.3) is 22.3 Å². The summed E-state index contributed by atoms with van der Waals surface area (Å²) in [6, 6.07) is 11.0. The Labute approximate surface area is 178 Å². The monoisotopic (exact) mass is 424 g/mol. The SMILES string of the molecule is Cn1nc(-c2ccc(O)c(Cl)c2)nc1Nc1ccc2c(cnn2C2CCCCO2)c1. The van der Waals surface area contributed by atoms with E-state index in [9.17, 15) is 5.11 Å². The van der Waals surface area contributed by atoms with Crippen LogP contribution in [-0.4, -0.2) is 36.3 Å². The third-order valence-corrected chi connectivity index (χ3v) is 5.55. The van der Waals surface area contributed by atoms with E-state index in [1.54, 1.807) is 16.8 Å². The highest BCUT2D eigenvalue weighted by Gasteiger charge is 2.19. The quantitative estimate of drug-likeness (QED) is 0.496. The lowest BCUT2D eigenvalue weighted by Gasteiger charge is -2.23. The summed E-state index contributed by atoms with van der Waals surface area (Å²) in [6.45, 7) is 0.784. The molecule has 0 saturated carbocycles. The van der Waals surface area contributed by atoms with Gasteiger partial charge in [0.15, 0.2) is 12.1 Å². The Morgan fingerprint density at radius 3 is 2.90 bits per heavy atom. The average Bonchev–Trinajstić information content (AvgIpc) is 3.34. The summed E-state index contributed by atoms with van der Waals surface area (Å²) in [5, 5.41) is 23.2. The van der Waals surface area contributed by atoms with Crippen molar-refractivity contribution in [2.24, 2.45) is 7.05 Å². The minimum Gasteiger partial charge on any atom is -0.506 e. The van der Waals surface area contributed by atoms with Crippen molar-refractivity contribution in [3.05, 3.63) is 47.6 Å². The lowest BCUT2D eigenvalue weighted by molar-refractivity contribution is -0.0366. The van der Waals surface area contributed by atoms with Crippen molar-refractivity contribution in [2.75, 3.05) is 11.9 Å². The van der Waals surface area contributed by atoms with Crippen molar-refractivity contribution in [2.45, 2.75) is 25.5 Å². The smallest absolute Gasteiger partial charge is 0.225 e. The van der Waals surface area contributed by atoms with Gasteiger partial charge in [-0.25, -0.2) is 9.36 Å². The first-order valence-corrected chi connectivity index (χ1v) is 10.2. The number of rotatable bonds is 4. The van der Waals surface area contributed by atoms with Crippen LogP contribution in [0.1, 0.15) is 25.5 Å². The molecule has 9 heteroatoms. The van der Waals surface area contributed by atoms with Gasteiger partial charge in [-0.05, 0) is 55.7 Å². The number of anilines is 2. The molecule has 1 unspecified atom stereocenters. The minimum atomic E-state index is 0.00786. The zero-order chi connectivity index (χ0) is 20.7. The molecule has 5 rings (SSSR count). The Bertz CT molecular complexity index is 1210. The van der Waals surface area contributed by atoms with E-state index in [4.69, 9.17) is 16.3 Å². The Kier molecular flexibility index (Phi) is 4.80. The summed E-state index contributed by atoms with van der Waals surface area (Å²) in [5.74, 6) is 1.14. The lowest BCUT2D eigenvalue weighted by Crippen LogP contribution is -2.18. The summed E-state index contributed by atoms with van der Waals surface area (Å²) in [4.78, 5) is 4.56. The number of phenolic OH excluding ortho intramolecular Hbond substituents is 1. The second-order valence-electron chi connectivity index (χ2n) is 7.36. The van der Waals surface area contributed by atoms with Gasteiger partial charge in [0.1, 0.15) is 5.75 Å². The maximum atomic E-state index is 9.61. The number of halogens is 1. The van der Waals surface area contributed by atoms with Crippen LogP contribution in [0.3, 0.4) is 0 Å². The van der Waals surface area contributed by atoms with E-state index in [1.807, 2.05) is 36.1 Å². The molecule has 0 radical (unpaired) electrons. The van der Waals surface area contributed by atoms with Crippen LogP contribution in [0.5, 0.6) is 5.75 Å². The van der Waals surface area contributed by atoms with E-state index in [1.165, 1.54) is 6.07 Å². The first kappa shape index (κ1) is 18.9. The summed E-state index contributed by atoms with van der Waals surface area (Å²) in [6.07, 6.45) is 5.12. The number of nitrogens with zero attached hydrogens (tertiary/aromatic N) is 5. The molecule has 0 aliphatic carbocycles. The Balaban J connectivity index is 1.40. The molecular formula is C21H21ClN6O2. The van der Waals surface area contributed by atoms with Crippen LogP contribution in [-0.2, 0) is 11.8 Å². The lowest BCUT2D eigenvalue weighted by atomic mass is 10.2. The van der Waals surface area contributed by atoms with E-state index in [0.29, 0.717) is 11.8 Å². The van der Waals surface area contributed by atoms with Crippen LogP contribution < -0.4 is 5.32 Å². The van der Waals surface area contributed by atoms with Crippen molar-refractivity contribution >= 4 is 34.1 Å². The molecule has 1 aliphatic rings. The van der Waals surface area contributed by atoms with E-state index in [0.717, 1.165) is 48.0 Å². The first-order valence-electron chi connectivity index (χ1n) is 9.84. The molecule has 2 aromatic heterocycles. The van der Waals surface area contributed by atoms with Crippen LogP contribution in [0.2, 0.25) is 5.02 Å². The third kappa shape index (κ3) is 3.48. The van der Waals surface area contributed by atoms with Gasteiger partial charge in [-0.1, -0.05) is 11.6 Å². The summed E-state index contributed by atoms with van der Waals surface area (Å²) in [5.41, 5.74) is 2.66. The zero-order valence-corrected chi connectivity index (χ0v) is 17.2. The number of aryl methyl sites for hydroxylation is 1. The van der Waals surface area contributed by atoms with Gasteiger partial charge in [0.25, 0.3) is 0 Å². The molecule has 0 amide bonds. The van der Waals surface area contributed by atoms with Gasteiger partial charge >= 0.3 is 0 Å². The van der Waals surface area contributed by atoms with Gasteiger partial charge in [0.2, 0.25) is 5.95 Å². The molecule has 4 aromatic rings. The molecule has 8 nitrogen and oxygen atoms in total. The van der Waals surface area contributed by atoms with Crippen molar-refractivity contribution < 1.29 is 9.84 Å². The molecule has 0 bridgehead atoms. The van der Waals surface area contributed by atoms with Crippen molar-refractivity contribution in [3.8, 4) is 17.1 Å². The molecule has 1 saturated heterocycles. The van der Waals surface area contributed by atoms with E-state index in [2.05, 4.69) is 20.5 Å². The second kappa shape index (κ2) is 7.62. The highest BCUT2D eigenvalue weighted by Crippen LogP contribution is 2.30. The fraction of sp³-hybridized carbons (Fsp3) is 0.286. The maximum absolute atomic E-state index is 9.61. The molecule has 154 valence electrons. The van der Waals surface area contributed by atoms with Gasteiger partial charge in [0.05, 0.1) is 16.7 Å². The molecular weight excluding hydrogens is 404 g/mol. The van der Waals surface area contributed by atoms with Gasteiger partial charge < -0.3 is 15.2 Å². The molecule has 2 N–H and O–H groups in total. The predicted molar refractivity (Wildman–Crippen MR) is 115 cm³/mol. The fourth-order valence-corrected chi connectivity index (χ4v) is 3.85. The molecule has 1 fully saturated rings. The fourth-order valence-electron chi connectivity index (χ4n) is 3.67. The van der Waals surface area contributed by atoms with Gasteiger partial charge in [-0.3, -0.25) is 0 Å². The highest BCUT2D eigenvalue weighted by atomic mass is 35.5. The Hall–Kier alpha value is -3.10. The molecule has 0 spiro atoms. The molecule has 3 heterocycles. The van der Waals surface area contributed by atoms with Gasteiger partial charge in [-0.15, -0.1) is 5.10 Å². The van der Waals surface area contributed by atoms with Crippen LogP contribution >= 0.6 is 11.6 Å². The summed E-state index contributed by atoms with van der Waals surface area (Å²) < 4.78 is 9.50. The molecule has 1 atom stereocenters. The number of benzene rings is 2. The van der Waals surface area contributed by atoms with Crippen molar-refractivity contribution in [1.29, 1.82) is 0 Å². The maximum Gasteiger partial charge on any atom is 0.225 e. The van der Waals surface area contributed by atoms with Gasteiger partial charge in [0, 0.05) is 30.3 Å². The highest BCUT2D eigenvalue weighted by molar-refractivity contribution is 6.32. The molecule has 1 aliphatic heterocycles. The first-order chi connectivity index (χ1) is 14.6. The number of aromatic nitrogens is 5. The van der Waals surface area contributed by atoms with Crippen molar-refractivity contribution in [1.82, 2.24) is 24.5 Å². The minimum absolute atomic E-state index is 0.00786. The number of phenols is 1. The number of aromatic hydroxyl groups is 1. The Morgan fingerprint density at radius 2 is 2.10 bits per heavy atom. The van der Waals surface area contributed by atoms with Gasteiger partial charge in [-0.2, -0.15) is 10.1 Å². The van der Waals surface area contributed by atoms with E-state index in [-0.39, 0.29) is 17.0 Å². The zero-order valence-electron chi connectivity index (χ0n) is 16.4.